The molecule has 3 aromatic rings. The molecule has 2 heterocycles. The van der Waals surface area contributed by atoms with Crippen LogP contribution in [0.4, 0.5) is 13.2 Å². The molecular weight excluding hydrogens is 479 g/mol. The third kappa shape index (κ3) is 4.36. The van der Waals surface area contributed by atoms with Gasteiger partial charge in [0, 0.05) is 23.7 Å². The van der Waals surface area contributed by atoms with Crippen LogP contribution in [0, 0.1) is 5.41 Å². The average Bonchev–Trinajstić information content (AvgIpc) is 3.16. The Morgan fingerprint density at radius 3 is 2.29 bits per heavy atom. The summed E-state index contributed by atoms with van der Waals surface area (Å²) in [4.78, 5) is 40.9. The van der Waals surface area contributed by atoms with E-state index in [2.05, 4.69) is 10.1 Å². The number of nitrogens with zero attached hydrogens (tertiary/aromatic N) is 4. The first-order valence-electron chi connectivity index (χ1n) is 9.96. The molecule has 0 radical (unpaired) electrons. The summed E-state index contributed by atoms with van der Waals surface area (Å²) in [6, 6.07) is 2.83. The number of rotatable bonds is 4. The van der Waals surface area contributed by atoms with Crippen LogP contribution in [0.2, 0.25) is 0 Å². The Kier molecular flexibility index (Phi) is 6.01. The molecule has 0 fully saturated rings. The Hall–Kier alpha value is -3.42. The van der Waals surface area contributed by atoms with Crippen molar-refractivity contribution in [3.63, 3.8) is 0 Å². The first-order valence-corrected chi connectivity index (χ1v) is 11.8. The van der Waals surface area contributed by atoms with Crippen molar-refractivity contribution in [3.05, 3.63) is 50.8 Å². The van der Waals surface area contributed by atoms with Gasteiger partial charge in [-0.25, -0.2) is 13.2 Å². The minimum Gasteiger partial charge on any atom is -0.305 e. The number of hydrogen-bond acceptors (Lipinski definition) is 6. The lowest BCUT2D eigenvalue weighted by molar-refractivity contribution is -0.137. The van der Waals surface area contributed by atoms with Crippen LogP contribution in [0.15, 0.2) is 34.0 Å². The van der Waals surface area contributed by atoms with Crippen molar-refractivity contribution < 1.29 is 26.4 Å². The van der Waals surface area contributed by atoms with Gasteiger partial charge in [-0.15, -0.1) is 9.09 Å². The molecule has 184 valence electrons. The molecule has 0 atom stereocenters. The number of aryl methyl sites for hydroxylation is 1. The molecule has 0 bridgehead atoms. The number of hydrogen-bond donors (Lipinski definition) is 1. The summed E-state index contributed by atoms with van der Waals surface area (Å²) in [5.74, 6) is -1.09. The first-order chi connectivity index (χ1) is 15.5. The Bertz CT molecular complexity index is 1510. The van der Waals surface area contributed by atoms with Crippen LogP contribution in [0.5, 0.6) is 0 Å². The van der Waals surface area contributed by atoms with Crippen LogP contribution in [-0.4, -0.2) is 40.0 Å². The number of H-pyrrole nitrogens is 1. The Morgan fingerprint density at radius 1 is 1.18 bits per heavy atom. The molecule has 0 aliphatic carbocycles. The van der Waals surface area contributed by atoms with Crippen molar-refractivity contribution in [2.75, 3.05) is 10.7 Å². The van der Waals surface area contributed by atoms with Crippen molar-refractivity contribution >= 4 is 26.8 Å². The molecule has 1 amide bonds. The number of halogens is 3. The average molecular weight is 501 g/mol. The second-order valence-electron chi connectivity index (χ2n) is 8.58. The third-order valence-corrected chi connectivity index (χ3v) is 5.88. The van der Waals surface area contributed by atoms with Gasteiger partial charge in [0.25, 0.3) is 21.5 Å². The molecule has 0 aliphatic rings. The van der Waals surface area contributed by atoms with E-state index >= 15 is 0 Å². The van der Waals surface area contributed by atoms with Crippen LogP contribution < -0.4 is 15.7 Å². The maximum Gasteiger partial charge on any atom is 0.417 e. The number of amides is 1. The summed E-state index contributed by atoms with van der Waals surface area (Å²) in [5, 5.41) is 3.53. The topological polar surface area (TPSA) is 127 Å². The fourth-order valence-corrected chi connectivity index (χ4v) is 4.38. The highest BCUT2D eigenvalue weighted by atomic mass is 32.2. The Morgan fingerprint density at radius 2 is 1.79 bits per heavy atom. The molecule has 0 spiro atoms. The number of aromatic nitrogens is 4. The van der Waals surface area contributed by atoms with Gasteiger partial charge in [-0.2, -0.15) is 18.3 Å². The highest BCUT2D eigenvalue weighted by molar-refractivity contribution is 7.92. The zero-order valence-corrected chi connectivity index (χ0v) is 19.7. The Labute approximate surface area is 191 Å². The van der Waals surface area contributed by atoms with E-state index in [1.807, 2.05) is 0 Å². The van der Waals surface area contributed by atoms with E-state index in [4.69, 9.17) is 0 Å². The third-order valence-electron chi connectivity index (χ3n) is 4.92. The summed E-state index contributed by atoms with van der Waals surface area (Å²) in [5.41, 5.74) is -5.93. The van der Waals surface area contributed by atoms with Crippen molar-refractivity contribution in [1.29, 1.82) is 0 Å². The minimum absolute atomic E-state index is 0.0290. The molecule has 10 nitrogen and oxygen atoms in total. The minimum atomic E-state index is -4.85. The molecule has 1 N–H and O–H groups in total. The molecule has 34 heavy (non-hydrogen) atoms. The summed E-state index contributed by atoms with van der Waals surface area (Å²) < 4.78 is 67.8. The predicted octanol–water partition coefficient (Wildman–Crippen LogP) is 2.06. The standard InChI is InChI=1S/C20H22F3N5O5S/c1-6-26-15(7-8-24-26)11-9-12-14(10-13(11)20(21,22)23)25-18(31)27(16(12)29)28(34(5,32)33)17(30)19(2,3)4/h7-10H,6H2,1-5H3,(H,25,31). The summed E-state index contributed by atoms with van der Waals surface area (Å²) in [6.07, 6.45) is -2.93. The quantitative estimate of drug-likeness (QED) is 0.583. The highest BCUT2D eigenvalue weighted by Crippen LogP contribution is 2.38. The van der Waals surface area contributed by atoms with Crippen LogP contribution in [0.1, 0.15) is 33.3 Å². The lowest BCUT2D eigenvalue weighted by Gasteiger charge is -2.27. The molecule has 1 aromatic carbocycles. The number of nitrogens with one attached hydrogen (secondary N) is 1. The molecule has 0 unspecified atom stereocenters. The predicted molar refractivity (Wildman–Crippen MR) is 118 cm³/mol. The molecule has 0 saturated heterocycles. The molecule has 0 aliphatic heterocycles. The number of carbonyl (C=O) groups excluding carboxylic acids is 1. The smallest absolute Gasteiger partial charge is 0.305 e. The van der Waals surface area contributed by atoms with Crippen molar-refractivity contribution in [2.45, 2.75) is 40.4 Å². The van der Waals surface area contributed by atoms with E-state index in [0.717, 1.165) is 6.07 Å². The molecule has 3 rings (SSSR count). The van der Waals surface area contributed by atoms with Gasteiger partial charge in [-0.3, -0.25) is 14.3 Å². The number of carbonyl (C=O) groups is 1. The Balaban J connectivity index is 2.47. The van der Waals surface area contributed by atoms with Gasteiger partial charge in [-0.1, -0.05) is 20.8 Å². The van der Waals surface area contributed by atoms with Crippen LogP contribution >= 0.6 is 0 Å². The number of benzene rings is 1. The second-order valence-corrected chi connectivity index (χ2v) is 10.4. The molecule has 14 heteroatoms. The second kappa shape index (κ2) is 8.11. The number of aromatic amines is 1. The zero-order chi connectivity index (χ0) is 25.8. The van der Waals surface area contributed by atoms with Crippen LogP contribution in [0.3, 0.4) is 0 Å². The van der Waals surface area contributed by atoms with E-state index in [0.29, 0.717) is 12.3 Å². The number of alkyl halides is 3. The fourth-order valence-electron chi connectivity index (χ4n) is 3.36. The van der Waals surface area contributed by atoms with Crippen molar-refractivity contribution in [2.24, 2.45) is 5.41 Å². The molecular formula is C20H22F3N5O5S. The van der Waals surface area contributed by atoms with Gasteiger partial charge in [-0.05, 0) is 25.1 Å². The lowest BCUT2D eigenvalue weighted by Crippen LogP contribution is -2.58. The van der Waals surface area contributed by atoms with E-state index in [-0.39, 0.29) is 21.3 Å². The van der Waals surface area contributed by atoms with Gasteiger partial charge in [0.05, 0.1) is 28.4 Å². The van der Waals surface area contributed by atoms with Gasteiger partial charge in [0.15, 0.2) is 0 Å². The van der Waals surface area contributed by atoms with Crippen LogP contribution in [-0.2, 0) is 27.5 Å². The largest absolute Gasteiger partial charge is 0.417 e. The maximum absolute atomic E-state index is 13.9. The molecule has 0 saturated carbocycles. The van der Waals surface area contributed by atoms with Gasteiger partial charge >= 0.3 is 11.9 Å². The summed E-state index contributed by atoms with van der Waals surface area (Å²) in [7, 11) is -4.48. The van der Waals surface area contributed by atoms with E-state index in [9.17, 15) is 36.0 Å². The van der Waals surface area contributed by atoms with Crippen molar-refractivity contribution in [3.8, 4) is 11.3 Å². The first kappa shape index (κ1) is 25.2. The number of sulfonamides is 1. The number of fused-ring (bicyclic) bond motifs is 1. The highest BCUT2D eigenvalue weighted by Gasteiger charge is 2.38. The van der Waals surface area contributed by atoms with E-state index < -0.39 is 60.8 Å². The van der Waals surface area contributed by atoms with Gasteiger partial charge in [0.1, 0.15) is 0 Å². The maximum atomic E-state index is 13.9. The SMILES string of the molecule is CCn1nccc1-c1cc2c(=O)n(N(C(=O)C(C)(C)C)S(C)(=O)=O)c(=O)[nH]c2cc1C(F)(F)F. The lowest BCUT2D eigenvalue weighted by atomic mass is 9.96. The van der Waals surface area contributed by atoms with E-state index in [1.54, 1.807) is 6.92 Å². The monoisotopic (exact) mass is 501 g/mol. The van der Waals surface area contributed by atoms with Crippen LogP contribution in [0.25, 0.3) is 22.2 Å². The molecule has 2 aromatic heterocycles. The zero-order valence-electron chi connectivity index (χ0n) is 18.9. The van der Waals surface area contributed by atoms with Crippen molar-refractivity contribution in [1.82, 2.24) is 19.4 Å². The van der Waals surface area contributed by atoms with Gasteiger partial charge in [0.2, 0.25) is 0 Å². The normalized spacial score (nSPS) is 12.8. The summed E-state index contributed by atoms with van der Waals surface area (Å²) >= 11 is 0. The van der Waals surface area contributed by atoms with Gasteiger partial charge < -0.3 is 4.98 Å². The van der Waals surface area contributed by atoms with E-state index in [1.165, 1.54) is 37.7 Å². The fraction of sp³-hybridized carbons (Fsp3) is 0.400. The summed E-state index contributed by atoms with van der Waals surface area (Å²) in [6.45, 7) is 6.04.